The average Bonchev–Trinajstić information content (AvgIpc) is 2.20. The summed E-state index contributed by atoms with van der Waals surface area (Å²) < 4.78 is 31.7. The van der Waals surface area contributed by atoms with Gasteiger partial charge in [0.05, 0.1) is 6.61 Å². The fourth-order valence-corrected chi connectivity index (χ4v) is 0.950. The minimum atomic E-state index is -4.20. The molecule has 5 nitrogen and oxygen atoms in total. The molecule has 0 aliphatic rings. The molecule has 0 unspecified atom stereocenters. The van der Waals surface area contributed by atoms with Crippen molar-refractivity contribution in [1.29, 1.82) is 0 Å². The van der Waals surface area contributed by atoms with Crippen LogP contribution in [0.25, 0.3) is 0 Å². The Morgan fingerprint density at radius 1 is 1.27 bits per heavy atom. The van der Waals surface area contributed by atoms with Gasteiger partial charge in [-0.25, -0.2) is 4.18 Å². The maximum Gasteiger partial charge on any atom is 0.397 e. The number of rotatable bonds is 4. The van der Waals surface area contributed by atoms with E-state index in [9.17, 15) is 8.42 Å². The standard InChI is InChI=1S/C5H5N.C4H10O4S/c1-2-4-6-5-3-1;1-2-3-4-8-9(5,6)7/h1-5H;2-4H2,1H3,(H,5,6,7). The van der Waals surface area contributed by atoms with Gasteiger partial charge < -0.3 is 0 Å². The monoisotopic (exact) mass is 233 g/mol. The summed E-state index contributed by atoms with van der Waals surface area (Å²) >= 11 is 0. The molecule has 0 fully saturated rings. The van der Waals surface area contributed by atoms with Crippen LogP contribution in [0, 0.1) is 0 Å². The van der Waals surface area contributed by atoms with Gasteiger partial charge in [-0.05, 0) is 18.6 Å². The molecule has 0 aromatic carbocycles. The van der Waals surface area contributed by atoms with Gasteiger partial charge in [0.1, 0.15) is 0 Å². The first-order valence-corrected chi connectivity index (χ1v) is 5.89. The van der Waals surface area contributed by atoms with E-state index >= 15 is 0 Å². The van der Waals surface area contributed by atoms with Crippen LogP contribution in [-0.2, 0) is 14.6 Å². The highest BCUT2D eigenvalue weighted by Crippen LogP contribution is 1.91. The SMILES string of the molecule is CCCCOS(=O)(=O)O.c1ccncc1. The Balaban J connectivity index is 0.000000280. The molecule has 1 N–H and O–H groups in total. The van der Waals surface area contributed by atoms with Gasteiger partial charge in [0.15, 0.2) is 0 Å². The van der Waals surface area contributed by atoms with Gasteiger partial charge in [-0.2, -0.15) is 8.42 Å². The summed E-state index contributed by atoms with van der Waals surface area (Å²) in [6.45, 7) is 1.96. The van der Waals surface area contributed by atoms with E-state index in [1.807, 2.05) is 25.1 Å². The minimum Gasteiger partial charge on any atom is -0.265 e. The molecule has 0 saturated heterocycles. The lowest BCUT2D eigenvalue weighted by molar-refractivity contribution is 0.264. The molecule has 0 aliphatic carbocycles. The average molecular weight is 233 g/mol. The van der Waals surface area contributed by atoms with Gasteiger partial charge in [0, 0.05) is 12.4 Å². The molecule has 1 rings (SSSR count). The smallest absolute Gasteiger partial charge is 0.265 e. The highest BCUT2D eigenvalue weighted by molar-refractivity contribution is 7.80. The highest BCUT2D eigenvalue weighted by Gasteiger charge is 2.00. The van der Waals surface area contributed by atoms with Crippen molar-refractivity contribution in [3.63, 3.8) is 0 Å². The molecule has 1 aromatic rings. The van der Waals surface area contributed by atoms with Crippen LogP contribution in [0.1, 0.15) is 19.8 Å². The number of nitrogens with zero attached hydrogens (tertiary/aromatic N) is 1. The van der Waals surface area contributed by atoms with Crippen molar-refractivity contribution in [2.75, 3.05) is 6.61 Å². The molecular formula is C9H15NO4S. The van der Waals surface area contributed by atoms with E-state index in [-0.39, 0.29) is 6.61 Å². The van der Waals surface area contributed by atoms with E-state index in [2.05, 4.69) is 9.17 Å². The topological polar surface area (TPSA) is 76.5 Å². The first-order chi connectivity index (χ1) is 7.06. The molecule has 0 spiro atoms. The van der Waals surface area contributed by atoms with Crippen LogP contribution in [0.3, 0.4) is 0 Å². The van der Waals surface area contributed by atoms with E-state index in [4.69, 9.17) is 4.55 Å². The molecule has 15 heavy (non-hydrogen) atoms. The number of hydrogen-bond acceptors (Lipinski definition) is 4. The third-order valence-electron chi connectivity index (χ3n) is 1.30. The maximum absolute atomic E-state index is 9.84. The quantitative estimate of drug-likeness (QED) is 0.632. The fourth-order valence-electron chi connectivity index (χ4n) is 0.621. The van der Waals surface area contributed by atoms with Gasteiger partial charge in [-0.3, -0.25) is 9.54 Å². The number of aromatic nitrogens is 1. The molecule has 1 aromatic heterocycles. The molecule has 1 heterocycles. The van der Waals surface area contributed by atoms with Crippen LogP contribution in [0.5, 0.6) is 0 Å². The molecule has 0 radical (unpaired) electrons. The van der Waals surface area contributed by atoms with E-state index < -0.39 is 10.4 Å². The Hall–Kier alpha value is -0.980. The molecule has 0 aliphatic heterocycles. The van der Waals surface area contributed by atoms with Crippen LogP contribution >= 0.6 is 0 Å². The lowest BCUT2D eigenvalue weighted by atomic mass is 10.4. The zero-order valence-corrected chi connectivity index (χ0v) is 9.35. The lowest BCUT2D eigenvalue weighted by Crippen LogP contribution is -2.04. The van der Waals surface area contributed by atoms with Crippen molar-refractivity contribution in [2.24, 2.45) is 0 Å². The zero-order valence-electron chi connectivity index (χ0n) is 8.54. The maximum atomic E-state index is 9.84. The van der Waals surface area contributed by atoms with Crippen molar-refractivity contribution in [3.8, 4) is 0 Å². The van der Waals surface area contributed by atoms with Gasteiger partial charge in [0.25, 0.3) is 0 Å². The summed E-state index contributed by atoms with van der Waals surface area (Å²) in [5.74, 6) is 0. The third-order valence-corrected chi connectivity index (χ3v) is 1.76. The molecule has 0 amide bonds. The third kappa shape index (κ3) is 13.0. The molecule has 0 saturated carbocycles. The van der Waals surface area contributed by atoms with Gasteiger partial charge >= 0.3 is 10.4 Å². The predicted octanol–water partition coefficient (Wildman–Crippen LogP) is 1.69. The van der Waals surface area contributed by atoms with Gasteiger partial charge in [-0.15, -0.1) is 0 Å². The Bertz CT molecular complexity index is 299. The van der Waals surface area contributed by atoms with Gasteiger partial charge in [-0.1, -0.05) is 19.4 Å². The first-order valence-electron chi connectivity index (χ1n) is 4.53. The van der Waals surface area contributed by atoms with Crippen molar-refractivity contribution in [1.82, 2.24) is 4.98 Å². The fraction of sp³-hybridized carbons (Fsp3) is 0.444. The number of pyridine rings is 1. The summed E-state index contributed by atoms with van der Waals surface area (Å²) in [5, 5.41) is 0. The zero-order chi connectivity index (χ0) is 11.6. The second kappa shape index (κ2) is 8.34. The van der Waals surface area contributed by atoms with E-state index in [1.165, 1.54) is 0 Å². The van der Waals surface area contributed by atoms with Gasteiger partial charge in [0.2, 0.25) is 0 Å². The Labute approximate surface area is 90.1 Å². The Kier molecular flexibility index (Phi) is 7.79. The van der Waals surface area contributed by atoms with E-state index in [0.29, 0.717) is 6.42 Å². The number of unbranched alkanes of at least 4 members (excludes halogenated alkanes) is 1. The van der Waals surface area contributed by atoms with Crippen molar-refractivity contribution in [2.45, 2.75) is 19.8 Å². The summed E-state index contributed by atoms with van der Waals surface area (Å²) in [5.41, 5.74) is 0. The second-order valence-electron chi connectivity index (χ2n) is 2.63. The normalized spacial score (nSPS) is 10.3. The van der Waals surface area contributed by atoms with E-state index in [1.54, 1.807) is 12.4 Å². The summed E-state index contributed by atoms with van der Waals surface area (Å²) in [6, 6.07) is 5.72. The van der Waals surface area contributed by atoms with Crippen LogP contribution in [0.4, 0.5) is 0 Å². The van der Waals surface area contributed by atoms with Crippen molar-refractivity contribution < 1.29 is 17.2 Å². The summed E-state index contributed by atoms with van der Waals surface area (Å²) in [4.78, 5) is 3.78. The van der Waals surface area contributed by atoms with Crippen LogP contribution in [-0.4, -0.2) is 24.6 Å². The first kappa shape index (κ1) is 14.0. The lowest BCUT2D eigenvalue weighted by Gasteiger charge is -1.95. The van der Waals surface area contributed by atoms with Crippen molar-refractivity contribution >= 4 is 10.4 Å². The Morgan fingerprint density at radius 2 is 1.87 bits per heavy atom. The second-order valence-corrected chi connectivity index (χ2v) is 3.72. The van der Waals surface area contributed by atoms with Crippen LogP contribution in [0.15, 0.2) is 30.6 Å². The van der Waals surface area contributed by atoms with Crippen LogP contribution in [0.2, 0.25) is 0 Å². The minimum absolute atomic E-state index is 0.0648. The molecule has 86 valence electrons. The van der Waals surface area contributed by atoms with Crippen LogP contribution < -0.4 is 0 Å². The van der Waals surface area contributed by atoms with E-state index in [0.717, 1.165) is 6.42 Å². The largest absolute Gasteiger partial charge is 0.397 e. The molecular weight excluding hydrogens is 218 g/mol. The number of hydrogen-bond donors (Lipinski definition) is 1. The highest BCUT2D eigenvalue weighted by atomic mass is 32.3. The molecule has 0 bridgehead atoms. The summed E-state index contributed by atoms with van der Waals surface area (Å²) in [6.07, 6.45) is 4.98. The van der Waals surface area contributed by atoms with Crippen molar-refractivity contribution in [3.05, 3.63) is 30.6 Å². The molecule has 0 atom stereocenters. The molecule has 6 heteroatoms. The predicted molar refractivity (Wildman–Crippen MR) is 56.6 cm³/mol. The summed E-state index contributed by atoms with van der Waals surface area (Å²) in [7, 11) is -4.20. The Morgan fingerprint density at radius 3 is 2.13 bits per heavy atom.